The van der Waals surface area contributed by atoms with Crippen molar-refractivity contribution in [1.82, 2.24) is 39.9 Å². The minimum atomic E-state index is -2.24. The van der Waals surface area contributed by atoms with Crippen molar-refractivity contribution in [3.05, 3.63) is 346 Å². The van der Waals surface area contributed by atoms with Crippen molar-refractivity contribution in [2.45, 2.75) is 27.7 Å². The van der Waals surface area contributed by atoms with E-state index in [1.807, 2.05) is 225 Å². The first-order valence-corrected chi connectivity index (χ1v) is 34.4. The number of H-pyrrole nitrogens is 4. The van der Waals surface area contributed by atoms with Gasteiger partial charge in [-0.1, -0.05) is 119 Å². The molecule has 0 atom stereocenters. The van der Waals surface area contributed by atoms with Crippen molar-refractivity contribution in [3.63, 3.8) is 0 Å². The topological polar surface area (TPSA) is 115 Å². The van der Waals surface area contributed by atoms with Crippen LogP contribution in [0.1, 0.15) is 78.9 Å². The minimum Gasteiger partial charge on any atom is -0.354 e. The fourth-order valence-corrected chi connectivity index (χ4v) is 14.4. The molecule has 16 bridgehead atoms. The Morgan fingerprint density at radius 1 is 0.202 bits per heavy atom. The number of benzene rings is 6. The Labute approximate surface area is 630 Å². The summed E-state index contributed by atoms with van der Waals surface area (Å²) >= 11 is 0. The van der Waals surface area contributed by atoms with Gasteiger partial charge in [0.25, 0.3) is 0 Å². The number of rotatable bonds is 8. The van der Waals surface area contributed by atoms with Gasteiger partial charge in [-0.3, -0.25) is 0 Å². The maximum absolute atomic E-state index is 15.8. The second-order valence-electron chi connectivity index (χ2n) is 26.7. The summed E-state index contributed by atoms with van der Waals surface area (Å²) in [6.07, 6.45) is 31.2. The van der Waals surface area contributed by atoms with Crippen LogP contribution in [0.5, 0.6) is 0 Å². The number of nitrogens with one attached hydrogen (secondary N) is 4. The Morgan fingerprint density at radius 3 is 0.578 bits per heavy atom. The molecule has 2 fully saturated rings. The molecule has 2 aliphatic carbocycles. The zero-order valence-corrected chi connectivity index (χ0v) is 59.1. The summed E-state index contributed by atoms with van der Waals surface area (Å²) in [7, 11) is 0. The van der Waals surface area contributed by atoms with Crippen molar-refractivity contribution in [3.8, 4) is 66.8 Å². The molecule has 12 aromatic rings. The number of halogens is 10. The first kappa shape index (κ1) is 71.6. The van der Waals surface area contributed by atoms with Crippen molar-refractivity contribution in [2.24, 2.45) is 0 Å². The number of aryl methyl sites for hydroxylation is 4. The summed E-state index contributed by atoms with van der Waals surface area (Å²) in [4.78, 5) is 33.7. The van der Waals surface area contributed by atoms with Gasteiger partial charge in [-0.25, -0.2) is 63.8 Å². The molecule has 10 radical (unpaired) electrons. The molecule has 0 saturated heterocycles. The molecule has 6 aromatic heterocycles. The number of aromatic nitrogens is 8. The van der Waals surface area contributed by atoms with E-state index in [0.29, 0.717) is 89.9 Å². The minimum absolute atomic E-state index is 0. The van der Waals surface area contributed by atoms with E-state index in [1.54, 1.807) is 48.5 Å². The average Bonchev–Trinajstić information content (AvgIpc) is 1.13. The number of aromatic amines is 4. The SMILES string of the molecule is Cc1ccc(-c2c3nc(c([C]4[CH][CH][CH][CH]4)c4nc(c(-c5ccc(C)cc5)c5ccc([nH]5)c(-c5c(F)c(F)c(F)c(F)c5F)c5ccc2[nH]5)C=C4)C=C3)cc1.Cc1ccc(-c2c3nc(c([C]4[CH][CH][CH][CH]4)c4nc(c(-c5ccc(C)cc5)c5ccc([nH]5)c(-c5c(F)c(F)c(F)c(F)c5F)c5ccc2[nH]5)C=C4)C=C3)cc1.[Fe+2]. The Bertz CT molecular complexity index is 5500. The molecule has 18 rings (SSSR count). The van der Waals surface area contributed by atoms with E-state index in [2.05, 4.69) is 19.9 Å². The summed E-state index contributed by atoms with van der Waals surface area (Å²) < 4.78 is 152. The Hall–Kier alpha value is -11.7. The monoisotopic (exact) mass is 1490 g/mol. The Balaban J connectivity index is 0.000000164. The van der Waals surface area contributed by atoms with Crippen LogP contribution >= 0.6 is 0 Å². The largest absolute Gasteiger partial charge is 2.00 e. The first-order valence-electron chi connectivity index (χ1n) is 34.4. The van der Waals surface area contributed by atoms with Crippen LogP contribution in [0.3, 0.4) is 0 Å². The van der Waals surface area contributed by atoms with Crippen LogP contribution < -0.4 is 0 Å². The Morgan fingerprint density at radius 2 is 0.376 bits per heavy atom. The maximum Gasteiger partial charge on any atom is 2.00 e. The second-order valence-corrected chi connectivity index (χ2v) is 26.7. The third kappa shape index (κ3) is 12.8. The number of nitrogens with zero attached hydrogens (tertiary/aromatic N) is 4. The van der Waals surface area contributed by atoms with Gasteiger partial charge in [0, 0.05) is 100 Å². The third-order valence-electron chi connectivity index (χ3n) is 19.7. The standard InChI is InChI=1S/2C45H28F5N4.Fe/c2*1-23-7-11-26(12-8-23)37-30-17-15-28(51-30)36(25-5-3-4-6-25)29-16-18-31(52-29)38(27-13-9-24(2)10-14-27)33-20-22-35(54-33)39(34-21-19-32(37)53-34)40-41(46)43(48)45(50)44(49)42(40)47;/h2*3-22,53-54H,1-2H3;/q;;+2. The van der Waals surface area contributed by atoms with E-state index >= 15 is 17.6 Å². The zero-order chi connectivity index (χ0) is 74.5. The fourth-order valence-electron chi connectivity index (χ4n) is 14.4. The predicted octanol–water partition coefficient (Wildman–Crippen LogP) is 23.4. The van der Waals surface area contributed by atoms with E-state index in [1.165, 1.54) is 0 Å². The van der Waals surface area contributed by atoms with Gasteiger partial charge in [-0.15, -0.1) is 0 Å². The molecular weight excluding hydrogens is 1440 g/mol. The van der Waals surface area contributed by atoms with E-state index in [9.17, 15) is 26.3 Å². The van der Waals surface area contributed by atoms with Gasteiger partial charge in [0.1, 0.15) is 0 Å². The van der Waals surface area contributed by atoms with Crippen molar-refractivity contribution in [2.75, 3.05) is 0 Å². The van der Waals surface area contributed by atoms with Gasteiger partial charge in [0.2, 0.25) is 11.6 Å². The first-order chi connectivity index (χ1) is 52.3. The molecule has 532 valence electrons. The van der Waals surface area contributed by atoms with Gasteiger partial charge < -0.3 is 19.9 Å². The van der Waals surface area contributed by atoms with Gasteiger partial charge in [0.15, 0.2) is 46.5 Å². The van der Waals surface area contributed by atoms with Crippen LogP contribution in [0.25, 0.3) is 160 Å². The molecule has 19 heteroatoms. The predicted molar refractivity (Wildman–Crippen MR) is 408 cm³/mol. The van der Waals surface area contributed by atoms with Crippen LogP contribution in [0.2, 0.25) is 0 Å². The van der Waals surface area contributed by atoms with Gasteiger partial charge in [0.05, 0.1) is 56.7 Å². The average molecular weight is 1500 g/mol. The van der Waals surface area contributed by atoms with Gasteiger partial charge >= 0.3 is 17.1 Å². The summed E-state index contributed by atoms with van der Waals surface area (Å²) in [5, 5.41) is 0. The molecule has 6 aromatic carbocycles. The van der Waals surface area contributed by atoms with E-state index in [4.69, 9.17) is 19.9 Å². The molecule has 8 nitrogen and oxygen atoms in total. The van der Waals surface area contributed by atoms with Gasteiger partial charge in [-0.05, 0) is 198 Å². The zero-order valence-electron chi connectivity index (χ0n) is 58.0. The molecule has 0 unspecified atom stereocenters. The van der Waals surface area contributed by atoms with Crippen molar-refractivity contribution < 1.29 is 61.0 Å². The second kappa shape index (κ2) is 28.8. The molecule has 6 aliphatic rings. The van der Waals surface area contributed by atoms with E-state index in [0.717, 1.165) is 67.5 Å². The Kier molecular flexibility index (Phi) is 18.9. The maximum atomic E-state index is 15.8. The van der Waals surface area contributed by atoms with Crippen LogP contribution in [0.4, 0.5) is 43.9 Å². The van der Waals surface area contributed by atoms with Gasteiger partial charge in [-0.2, -0.15) is 0 Å². The van der Waals surface area contributed by atoms with E-state index < -0.39 is 69.3 Å². The van der Waals surface area contributed by atoms with Crippen LogP contribution in [-0.4, -0.2) is 39.9 Å². The number of hydrogen-bond acceptors (Lipinski definition) is 4. The quantitative estimate of drug-likeness (QED) is 0.0525. The molecule has 0 spiro atoms. The summed E-state index contributed by atoms with van der Waals surface area (Å²) in [5.74, 6) is -18.6. The third-order valence-corrected chi connectivity index (χ3v) is 19.7. The normalized spacial score (nSPS) is 13.9. The molecule has 2 saturated carbocycles. The van der Waals surface area contributed by atoms with E-state index in [-0.39, 0.29) is 50.3 Å². The molecule has 10 heterocycles. The van der Waals surface area contributed by atoms with Crippen LogP contribution in [0.15, 0.2) is 146 Å². The van der Waals surface area contributed by atoms with Crippen LogP contribution in [-0.2, 0) is 17.1 Å². The smallest absolute Gasteiger partial charge is 0.354 e. The molecule has 4 aliphatic heterocycles. The summed E-state index contributed by atoms with van der Waals surface area (Å²) in [6, 6.07) is 44.3. The summed E-state index contributed by atoms with van der Waals surface area (Å²) in [5.41, 5.74) is 16.5. The molecular formula is C90H56F10FeN8+2. The number of hydrogen-bond donors (Lipinski definition) is 4. The van der Waals surface area contributed by atoms with Crippen LogP contribution in [0, 0.1) is 149 Å². The molecule has 4 N–H and O–H groups in total. The summed E-state index contributed by atoms with van der Waals surface area (Å²) in [6.45, 7) is 7.88. The number of fused-ring (bicyclic) bond motifs is 16. The van der Waals surface area contributed by atoms with Crippen molar-refractivity contribution >= 4 is 92.7 Å². The van der Waals surface area contributed by atoms with Crippen molar-refractivity contribution in [1.29, 1.82) is 0 Å². The fraction of sp³-hybridized carbons (Fsp3) is 0.0444. The molecule has 0 amide bonds. The molecule has 109 heavy (non-hydrogen) atoms.